The molecule has 0 saturated heterocycles. The zero-order chi connectivity index (χ0) is 13.6. The first kappa shape index (κ1) is 13.4. The van der Waals surface area contributed by atoms with Gasteiger partial charge in [-0.05, 0) is 19.1 Å². The van der Waals surface area contributed by atoms with Crippen molar-refractivity contribution in [1.29, 1.82) is 0 Å². The predicted octanol–water partition coefficient (Wildman–Crippen LogP) is 1.90. The van der Waals surface area contributed by atoms with Crippen molar-refractivity contribution in [3.05, 3.63) is 36.0 Å². The van der Waals surface area contributed by atoms with Crippen LogP contribution in [-0.4, -0.2) is 29.6 Å². The van der Waals surface area contributed by atoms with Crippen LogP contribution in [-0.2, 0) is 15.6 Å². The lowest BCUT2D eigenvalue weighted by Crippen LogP contribution is -2.29. The number of alkyl halides is 1. The molecule has 0 aliphatic rings. The van der Waals surface area contributed by atoms with Gasteiger partial charge in [0.1, 0.15) is 5.60 Å². The van der Waals surface area contributed by atoms with E-state index >= 15 is 0 Å². The van der Waals surface area contributed by atoms with Crippen molar-refractivity contribution in [3.63, 3.8) is 0 Å². The molecule has 18 heavy (non-hydrogen) atoms. The highest BCUT2D eigenvalue weighted by Crippen LogP contribution is 2.30. The molecule has 0 aliphatic carbocycles. The van der Waals surface area contributed by atoms with Crippen LogP contribution in [0.1, 0.15) is 12.6 Å². The van der Waals surface area contributed by atoms with Crippen LogP contribution in [0, 0.1) is 0 Å². The van der Waals surface area contributed by atoms with Gasteiger partial charge in [0, 0.05) is 5.39 Å². The fourth-order valence-corrected chi connectivity index (χ4v) is 3.20. The van der Waals surface area contributed by atoms with Crippen molar-refractivity contribution in [2.75, 3.05) is 12.1 Å². The molecule has 1 aromatic heterocycles. The van der Waals surface area contributed by atoms with Gasteiger partial charge in [0.15, 0.2) is 0 Å². The van der Waals surface area contributed by atoms with E-state index in [2.05, 4.69) is 0 Å². The van der Waals surface area contributed by atoms with E-state index in [0.29, 0.717) is 5.52 Å². The van der Waals surface area contributed by atoms with Crippen molar-refractivity contribution in [3.8, 4) is 0 Å². The summed E-state index contributed by atoms with van der Waals surface area (Å²) in [5.74, 6) is -0.0845. The van der Waals surface area contributed by atoms with E-state index in [1.54, 1.807) is 24.3 Å². The maximum Gasteiger partial charge on any atom is 0.236 e. The van der Waals surface area contributed by atoms with E-state index in [1.165, 1.54) is 6.92 Å². The Labute approximate surface area is 111 Å². The third-order valence-electron chi connectivity index (χ3n) is 2.81. The second-order valence-corrected chi connectivity index (χ2v) is 6.62. The molecule has 0 fully saturated rings. The van der Waals surface area contributed by atoms with E-state index in [9.17, 15) is 13.5 Å². The van der Waals surface area contributed by atoms with Crippen LogP contribution in [0.2, 0.25) is 0 Å². The molecule has 0 spiro atoms. The normalized spacial score (nSPS) is 15.8. The Kier molecular flexibility index (Phi) is 3.17. The second kappa shape index (κ2) is 4.26. The molecule has 0 bridgehead atoms. The number of fused-ring (bicyclic) bond motifs is 1. The Morgan fingerprint density at radius 1 is 1.39 bits per heavy atom. The molecule has 1 heterocycles. The quantitative estimate of drug-likeness (QED) is 0.877. The van der Waals surface area contributed by atoms with Crippen molar-refractivity contribution < 1.29 is 13.5 Å². The van der Waals surface area contributed by atoms with Gasteiger partial charge >= 0.3 is 0 Å². The van der Waals surface area contributed by atoms with Crippen LogP contribution in [0.5, 0.6) is 0 Å². The number of aliphatic hydroxyl groups is 1. The fourth-order valence-electron chi connectivity index (χ4n) is 1.93. The third-order valence-corrected chi connectivity index (χ3v) is 4.39. The molecule has 1 aromatic carbocycles. The molecule has 0 amide bonds. The highest BCUT2D eigenvalue weighted by atomic mass is 35.5. The highest BCUT2D eigenvalue weighted by molar-refractivity contribution is 7.89. The van der Waals surface area contributed by atoms with E-state index in [1.807, 2.05) is 6.07 Å². The molecule has 1 unspecified atom stereocenters. The van der Waals surface area contributed by atoms with Crippen molar-refractivity contribution in [2.45, 2.75) is 12.5 Å². The largest absolute Gasteiger partial charge is 0.383 e. The van der Waals surface area contributed by atoms with Gasteiger partial charge in [-0.1, -0.05) is 18.2 Å². The first-order valence-electron chi connectivity index (χ1n) is 5.37. The smallest absolute Gasteiger partial charge is 0.236 e. The fraction of sp³-hybridized carbons (Fsp3) is 0.333. The van der Waals surface area contributed by atoms with E-state index in [4.69, 9.17) is 11.6 Å². The number of rotatable bonds is 3. The van der Waals surface area contributed by atoms with Gasteiger partial charge in [0.25, 0.3) is 0 Å². The number of benzene rings is 1. The van der Waals surface area contributed by atoms with Crippen molar-refractivity contribution in [2.24, 2.45) is 0 Å². The Morgan fingerprint density at radius 2 is 2.00 bits per heavy atom. The van der Waals surface area contributed by atoms with Crippen LogP contribution < -0.4 is 0 Å². The molecule has 2 rings (SSSR count). The summed E-state index contributed by atoms with van der Waals surface area (Å²) < 4.78 is 24.9. The number of nitrogens with zero attached hydrogens (tertiary/aromatic N) is 1. The third kappa shape index (κ3) is 2.13. The molecule has 1 atom stereocenters. The van der Waals surface area contributed by atoms with Gasteiger partial charge in [-0.2, -0.15) is 0 Å². The van der Waals surface area contributed by atoms with Gasteiger partial charge in [0.05, 0.1) is 23.3 Å². The van der Waals surface area contributed by atoms with E-state index in [0.717, 1.165) is 15.6 Å². The van der Waals surface area contributed by atoms with Gasteiger partial charge in [-0.25, -0.2) is 12.4 Å². The molecule has 98 valence electrons. The summed E-state index contributed by atoms with van der Waals surface area (Å²) in [5, 5.41) is 11.0. The molecular weight excluding hydrogens is 274 g/mol. The number of hydrogen-bond acceptors (Lipinski definition) is 3. The minimum absolute atomic E-state index is 0.0845. The molecule has 2 aromatic rings. The summed E-state index contributed by atoms with van der Waals surface area (Å²) in [6.45, 7) is 1.50. The number of halogens is 1. The lowest BCUT2D eigenvalue weighted by atomic mass is 10.1. The van der Waals surface area contributed by atoms with Gasteiger partial charge in [-0.3, -0.25) is 0 Å². The second-order valence-electron chi connectivity index (χ2n) is 4.52. The standard InChI is InChI=1S/C12H14ClNO3S/c1-12(15,8-13)11-7-9-5-3-4-6-10(9)14(11)18(2,16)17/h3-7,15H,8H2,1-2H3. The SMILES string of the molecule is CC(O)(CCl)c1cc2ccccc2n1S(C)(=O)=O. The molecule has 0 saturated carbocycles. The Hall–Kier alpha value is -1.04. The lowest BCUT2D eigenvalue weighted by Gasteiger charge is -2.22. The van der Waals surface area contributed by atoms with Crippen LogP contribution >= 0.6 is 11.6 Å². The maximum absolute atomic E-state index is 11.9. The summed E-state index contributed by atoms with van der Waals surface area (Å²) in [6.07, 6.45) is 1.10. The van der Waals surface area contributed by atoms with Crippen molar-refractivity contribution >= 4 is 32.5 Å². The number of para-hydroxylation sites is 1. The molecule has 1 N–H and O–H groups in total. The first-order chi connectivity index (χ1) is 8.27. The summed E-state index contributed by atoms with van der Waals surface area (Å²) >= 11 is 5.72. The summed E-state index contributed by atoms with van der Waals surface area (Å²) in [6, 6.07) is 8.71. The Bertz CT molecular complexity index is 688. The number of hydrogen-bond donors (Lipinski definition) is 1. The van der Waals surface area contributed by atoms with Crippen LogP contribution in [0.4, 0.5) is 0 Å². The monoisotopic (exact) mass is 287 g/mol. The first-order valence-corrected chi connectivity index (χ1v) is 7.75. The minimum Gasteiger partial charge on any atom is -0.383 e. The lowest BCUT2D eigenvalue weighted by molar-refractivity contribution is 0.0772. The zero-order valence-electron chi connectivity index (χ0n) is 10.1. The Balaban J connectivity index is 2.90. The summed E-state index contributed by atoms with van der Waals surface area (Å²) in [5.41, 5.74) is -0.578. The van der Waals surface area contributed by atoms with Gasteiger partial charge in [0.2, 0.25) is 10.0 Å². The highest BCUT2D eigenvalue weighted by Gasteiger charge is 2.30. The average Bonchev–Trinajstić information content (AvgIpc) is 2.68. The maximum atomic E-state index is 11.9. The molecule has 0 aliphatic heterocycles. The number of aromatic nitrogens is 1. The van der Waals surface area contributed by atoms with Crippen LogP contribution in [0.3, 0.4) is 0 Å². The van der Waals surface area contributed by atoms with Crippen molar-refractivity contribution in [1.82, 2.24) is 3.97 Å². The molecule has 0 radical (unpaired) electrons. The summed E-state index contributed by atoms with van der Waals surface area (Å²) in [4.78, 5) is 0. The average molecular weight is 288 g/mol. The van der Waals surface area contributed by atoms with Crippen LogP contribution in [0.15, 0.2) is 30.3 Å². The summed E-state index contributed by atoms with van der Waals surface area (Å²) in [7, 11) is -3.51. The van der Waals surface area contributed by atoms with Crippen LogP contribution in [0.25, 0.3) is 10.9 Å². The predicted molar refractivity (Wildman–Crippen MR) is 72.5 cm³/mol. The van der Waals surface area contributed by atoms with Gasteiger partial charge < -0.3 is 5.11 Å². The minimum atomic E-state index is -3.51. The molecule has 4 nitrogen and oxygen atoms in total. The molecule has 6 heteroatoms. The Morgan fingerprint density at radius 3 is 2.56 bits per heavy atom. The van der Waals surface area contributed by atoms with Gasteiger partial charge in [-0.15, -0.1) is 11.6 Å². The zero-order valence-corrected chi connectivity index (χ0v) is 11.7. The van der Waals surface area contributed by atoms with E-state index < -0.39 is 15.6 Å². The van der Waals surface area contributed by atoms with E-state index in [-0.39, 0.29) is 11.6 Å². The molecular formula is C12H14ClNO3S. The topological polar surface area (TPSA) is 59.3 Å².